The lowest BCUT2D eigenvalue weighted by Gasteiger charge is -2.13. The Balaban J connectivity index is 2.40. The van der Waals surface area contributed by atoms with Crippen molar-refractivity contribution in [3.05, 3.63) is 28.1 Å². The number of methoxy groups -OCH3 is 3. The molecule has 0 fully saturated rings. The topological polar surface area (TPSA) is 124 Å². The Hall–Kier alpha value is -2.90. The fraction of sp³-hybridized carbons (Fsp3) is 0.350. The Bertz CT molecular complexity index is 970. The molecular formula is C20H23N3O5S2. The van der Waals surface area contributed by atoms with Gasteiger partial charge in [0.2, 0.25) is 17.4 Å². The highest BCUT2D eigenvalue weighted by atomic mass is 32.2. The SMILES string of the molecule is COc1cc(C(=O)c2sc(SCC(=O)NC(C)C)c(C#N)c2N)cc(OC)c1OC. The third-order valence-electron chi connectivity index (χ3n) is 3.94. The van der Waals surface area contributed by atoms with E-state index >= 15 is 0 Å². The monoisotopic (exact) mass is 449 g/mol. The van der Waals surface area contributed by atoms with Gasteiger partial charge in [-0.1, -0.05) is 0 Å². The number of ether oxygens (including phenoxy) is 3. The standard InChI is InChI=1S/C20H23N3O5S2/c1-10(2)23-15(24)9-29-20-12(8-21)16(22)19(30-20)17(25)11-6-13(26-3)18(28-5)14(7-11)27-4/h6-7,10H,9,22H2,1-5H3,(H,23,24). The number of benzene rings is 1. The summed E-state index contributed by atoms with van der Waals surface area (Å²) in [5.41, 5.74) is 6.66. The van der Waals surface area contributed by atoms with Crippen LogP contribution in [0.5, 0.6) is 17.2 Å². The molecule has 10 heteroatoms. The average molecular weight is 450 g/mol. The third-order valence-corrected chi connectivity index (χ3v) is 6.42. The number of thiophene rings is 1. The molecule has 160 valence electrons. The van der Waals surface area contributed by atoms with E-state index in [4.69, 9.17) is 19.9 Å². The van der Waals surface area contributed by atoms with Gasteiger partial charge in [0.15, 0.2) is 11.5 Å². The maximum absolute atomic E-state index is 13.1. The van der Waals surface area contributed by atoms with Crippen LogP contribution in [0.4, 0.5) is 5.69 Å². The minimum Gasteiger partial charge on any atom is -0.493 e. The molecular weight excluding hydrogens is 426 g/mol. The van der Waals surface area contributed by atoms with Crippen molar-refractivity contribution in [3.63, 3.8) is 0 Å². The minimum absolute atomic E-state index is 0.0131. The van der Waals surface area contributed by atoms with Crippen LogP contribution in [0.3, 0.4) is 0 Å². The molecule has 1 aromatic carbocycles. The average Bonchev–Trinajstić information content (AvgIpc) is 3.05. The van der Waals surface area contributed by atoms with Crippen molar-refractivity contribution in [2.45, 2.75) is 24.1 Å². The molecule has 30 heavy (non-hydrogen) atoms. The number of nitrogens with one attached hydrogen (secondary N) is 1. The first kappa shape index (κ1) is 23.4. The van der Waals surface area contributed by atoms with E-state index in [0.29, 0.717) is 21.5 Å². The Morgan fingerprint density at radius 1 is 1.20 bits per heavy atom. The first-order valence-electron chi connectivity index (χ1n) is 8.86. The van der Waals surface area contributed by atoms with Crippen LogP contribution in [0.25, 0.3) is 0 Å². The molecule has 2 rings (SSSR count). The first-order chi connectivity index (χ1) is 14.3. The van der Waals surface area contributed by atoms with E-state index in [1.54, 1.807) is 0 Å². The second kappa shape index (κ2) is 10.2. The van der Waals surface area contributed by atoms with Gasteiger partial charge in [0.05, 0.1) is 37.0 Å². The fourth-order valence-corrected chi connectivity index (χ4v) is 4.81. The number of hydrogen-bond donors (Lipinski definition) is 2. The summed E-state index contributed by atoms with van der Waals surface area (Å²) in [6.45, 7) is 3.72. The molecule has 0 radical (unpaired) electrons. The maximum atomic E-state index is 13.1. The summed E-state index contributed by atoms with van der Waals surface area (Å²) in [6.07, 6.45) is 0. The molecule has 0 spiro atoms. The smallest absolute Gasteiger partial charge is 0.230 e. The number of carbonyl (C=O) groups is 2. The Labute approximate surface area is 183 Å². The van der Waals surface area contributed by atoms with Gasteiger partial charge < -0.3 is 25.3 Å². The zero-order valence-corrected chi connectivity index (χ0v) is 19.0. The van der Waals surface area contributed by atoms with Crippen LogP contribution in [-0.2, 0) is 4.79 Å². The number of thioether (sulfide) groups is 1. The largest absolute Gasteiger partial charge is 0.493 e. The van der Waals surface area contributed by atoms with E-state index in [-0.39, 0.29) is 45.2 Å². The lowest BCUT2D eigenvalue weighted by Crippen LogP contribution is -2.31. The molecule has 0 saturated carbocycles. The molecule has 1 aromatic heterocycles. The lowest BCUT2D eigenvalue weighted by molar-refractivity contribution is -0.119. The first-order valence-corrected chi connectivity index (χ1v) is 10.7. The van der Waals surface area contributed by atoms with Gasteiger partial charge in [-0.25, -0.2) is 0 Å². The van der Waals surface area contributed by atoms with Crippen LogP contribution in [0, 0.1) is 11.3 Å². The van der Waals surface area contributed by atoms with Gasteiger partial charge in [-0.3, -0.25) is 9.59 Å². The molecule has 0 bridgehead atoms. The van der Waals surface area contributed by atoms with Crippen molar-refractivity contribution < 1.29 is 23.8 Å². The molecule has 3 N–H and O–H groups in total. The minimum atomic E-state index is -0.383. The second-order valence-electron chi connectivity index (χ2n) is 6.37. The molecule has 0 saturated heterocycles. The van der Waals surface area contributed by atoms with Crippen molar-refractivity contribution in [2.75, 3.05) is 32.8 Å². The van der Waals surface area contributed by atoms with Gasteiger partial charge in [-0.15, -0.1) is 23.1 Å². The van der Waals surface area contributed by atoms with Crippen LogP contribution in [0.1, 0.15) is 34.6 Å². The summed E-state index contributed by atoms with van der Waals surface area (Å²) < 4.78 is 16.4. The third kappa shape index (κ3) is 4.98. The van der Waals surface area contributed by atoms with E-state index in [1.165, 1.54) is 45.2 Å². The van der Waals surface area contributed by atoms with E-state index in [0.717, 1.165) is 11.3 Å². The van der Waals surface area contributed by atoms with Crippen molar-refractivity contribution in [1.82, 2.24) is 5.32 Å². The number of anilines is 1. The quantitative estimate of drug-likeness (QED) is 0.442. The highest BCUT2D eigenvalue weighted by Crippen LogP contribution is 2.42. The highest BCUT2D eigenvalue weighted by molar-refractivity contribution is 8.01. The number of nitrogens with zero attached hydrogens (tertiary/aromatic N) is 1. The molecule has 2 aromatic rings. The fourth-order valence-electron chi connectivity index (χ4n) is 2.64. The Morgan fingerprint density at radius 2 is 1.80 bits per heavy atom. The zero-order chi connectivity index (χ0) is 22.4. The van der Waals surface area contributed by atoms with Gasteiger partial charge >= 0.3 is 0 Å². The zero-order valence-electron chi connectivity index (χ0n) is 17.3. The molecule has 0 aliphatic heterocycles. The van der Waals surface area contributed by atoms with E-state index in [9.17, 15) is 14.9 Å². The number of ketones is 1. The van der Waals surface area contributed by atoms with E-state index in [1.807, 2.05) is 19.9 Å². The summed E-state index contributed by atoms with van der Waals surface area (Å²) in [4.78, 5) is 25.3. The van der Waals surface area contributed by atoms with Crippen molar-refractivity contribution in [3.8, 4) is 23.3 Å². The normalized spacial score (nSPS) is 10.4. The van der Waals surface area contributed by atoms with Crippen LogP contribution < -0.4 is 25.3 Å². The predicted molar refractivity (Wildman–Crippen MR) is 117 cm³/mol. The predicted octanol–water partition coefficient (Wildman–Crippen LogP) is 3.08. The highest BCUT2D eigenvalue weighted by Gasteiger charge is 2.25. The van der Waals surface area contributed by atoms with Gasteiger partial charge in [0.1, 0.15) is 16.5 Å². The number of carbonyl (C=O) groups excluding carboxylic acids is 2. The maximum Gasteiger partial charge on any atom is 0.230 e. The van der Waals surface area contributed by atoms with Gasteiger partial charge in [0.25, 0.3) is 0 Å². The number of rotatable bonds is 9. The summed E-state index contributed by atoms with van der Waals surface area (Å²) in [6, 6.07) is 5.09. The number of nitrogens with two attached hydrogens (primary N) is 1. The van der Waals surface area contributed by atoms with Gasteiger partial charge in [0, 0.05) is 11.6 Å². The summed E-state index contributed by atoms with van der Waals surface area (Å²) in [5, 5.41) is 12.3. The van der Waals surface area contributed by atoms with Gasteiger partial charge in [-0.05, 0) is 26.0 Å². The number of nitriles is 1. The van der Waals surface area contributed by atoms with Crippen molar-refractivity contribution in [2.24, 2.45) is 0 Å². The molecule has 8 nitrogen and oxygen atoms in total. The second-order valence-corrected chi connectivity index (χ2v) is 8.64. The van der Waals surface area contributed by atoms with Crippen LogP contribution in [0.2, 0.25) is 0 Å². The summed E-state index contributed by atoms with van der Waals surface area (Å²) in [5.74, 6) is 0.590. The number of amides is 1. The molecule has 0 atom stereocenters. The van der Waals surface area contributed by atoms with E-state index < -0.39 is 0 Å². The number of nitrogen functional groups attached to an aromatic ring is 1. The van der Waals surface area contributed by atoms with E-state index in [2.05, 4.69) is 5.32 Å². The molecule has 1 heterocycles. The molecule has 0 aliphatic carbocycles. The molecule has 1 amide bonds. The molecule has 0 unspecified atom stereocenters. The Morgan fingerprint density at radius 3 is 2.27 bits per heavy atom. The van der Waals surface area contributed by atoms with Crippen molar-refractivity contribution >= 4 is 40.5 Å². The van der Waals surface area contributed by atoms with Crippen LogP contribution >= 0.6 is 23.1 Å². The molecule has 0 aliphatic rings. The van der Waals surface area contributed by atoms with Crippen LogP contribution in [0.15, 0.2) is 16.3 Å². The Kier molecular flexibility index (Phi) is 7.97. The number of hydrogen-bond acceptors (Lipinski definition) is 9. The summed E-state index contributed by atoms with van der Waals surface area (Å²) in [7, 11) is 4.38. The lowest BCUT2D eigenvalue weighted by atomic mass is 10.1. The summed E-state index contributed by atoms with van der Waals surface area (Å²) >= 11 is 2.26. The van der Waals surface area contributed by atoms with Crippen molar-refractivity contribution in [1.29, 1.82) is 5.26 Å². The van der Waals surface area contributed by atoms with Gasteiger partial charge in [-0.2, -0.15) is 5.26 Å². The van der Waals surface area contributed by atoms with Crippen LogP contribution in [-0.4, -0.2) is 44.8 Å².